The molecule has 19 nitrogen and oxygen atoms in total. The zero-order chi connectivity index (χ0) is 34.1. The van der Waals surface area contributed by atoms with Gasteiger partial charge in [-0.1, -0.05) is 0 Å². The molecule has 0 aliphatic rings. The van der Waals surface area contributed by atoms with Gasteiger partial charge in [-0.25, -0.2) is 39.4 Å². The van der Waals surface area contributed by atoms with E-state index >= 15 is 0 Å². The molecule has 0 radical (unpaired) electrons. The molecule has 22 heteroatoms. The number of benzene rings is 3. The summed E-state index contributed by atoms with van der Waals surface area (Å²) < 4.78 is 83.0. The number of hydrogen-bond acceptors (Lipinski definition) is 13. The second-order valence-corrected chi connectivity index (χ2v) is 14.6. The molecule has 0 aliphatic carbocycles. The first kappa shape index (κ1) is 36.0. The third kappa shape index (κ3) is 10.0. The molecule has 0 aliphatic heterocycles. The summed E-state index contributed by atoms with van der Waals surface area (Å²) in [6, 6.07) is 12.5. The SMILES string of the molecule is O=[N+]([O-])c1ccc(S(=O)(=O)NCCN(CCNS(=O)(=O)c2ccc([N+](=O)[O-])cc2)CCNS(=O)(=O)c2ccc([N+](=O)[O-])cc2)cc1. The molecular weight excluding hydrogens is 675 g/mol. The van der Waals surface area contributed by atoms with Gasteiger partial charge in [-0.3, -0.25) is 35.2 Å². The van der Waals surface area contributed by atoms with Crippen LogP contribution >= 0.6 is 0 Å². The molecule has 248 valence electrons. The van der Waals surface area contributed by atoms with Crippen molar-refractivity contribution in [1.29, 1.82) is 0 Å². The fraction of sp³-hybridized carbons (Fsp3) is 0.250. The van der Waals surface area contributed by atoms with Crippen LogP contribution in [-0.2, 0) is 30.1 Å². The summed E-state index contributed by atoms with van der Waals surface area (Å²) >= 11 is 0. The zero-order valence-corrected chi connectivity index (χ0v) is 26.0. The second-order valence-electron chi connectivity index (χ2n) is 9.29. The minimum absolute atomic E-state index is 0.0370. The third-order valence-electron chi connectivity index (χ3n) is 6.23. The molecule has 3 aromatic carbocycles. The van der Waals surface area contributed by atoms with Crippen LogP contribution in [0.15, 0.2) is 87.5 Å². The summed E-state index contributed by atoms with van der Waals surface area (Å²) in [7, 11) is -12.3. The first-order valence-corrected chi connectivity index (χ1v) is 17.4. The van der Waals surface area contributed by atoms with E-state index in [1.54, 1.807) is 0 Å². The van der Waals surface area contributed by atoms with E-state index in [0.717, 1.165) is 72.8 Å². The summed E-state index contributed by atoms with van der Waals surface area (Å²) in [6.07, 6.45) is 0. The van der Waals surface area contributed by atoms with Crippen molar-refractivity contribution in [3.63, 3.8) is 0 Å². The molecule has 0 atom stereocenters. The Morgan fingerprint density at radius 1 is 0.457 bits per heavy atom. The van der Waals surface area contributed by atoms with E-state index in [4.69, 9.17) is 0 Å². The van der Waals surface area contributed by atoms with E-state index in [1.807, 2.05) is 0 Å². The van der Waals surface area contributed by atoms with Crippen molar-refractivity contribution >= 4 is 47.1 Å². The number of nitro groups is 3. The maximum absolute atomic E-state index is 12.7. The monoisotopic (exact) mass is 701 g/mol. The lowest BCUT2D eigenvalue weighted by Crippen LogP contribution is -2.43. The predicted octanol–water partition coefficient (Wildman–Crippen LogP) is 0.949. The normalized spacial score (nSPS) is 12.2. The number of nitro benzene ring substituents is 3. The van der Waals surface area contributed by atoms with Gasteiger partial charge in [-0.15, -0.1) is 0 Å². The molecule has 0 amide bonds. The standard InChI is InChI=1S/C24H27N7O12S3/c32-29(33)19-1-7-22(8-2-19)44(38,39)25-13-16-28(17-14-26-45(40,41)23-9-3-20(4-10-23)30(34)35)18-15-27-46(42,43)24-11-5-21(6-12-24)31(36)37/h1-12,25-27H,13-18H2. The average molecular weight is 702 g/mol. The molecule has 3 aromatic rings. The Balaban J connectivity index is 1.66. The Morgan fingerprint density at radius 2 is 0.674 bits per heavy atom. The van der Waals surface area contributed by atoms with Crippen LogP contribution in [0.1, 0.15) is 0 Å². The lowest BCUT2D eigenvalue weighted by atomic mass is 10.3. The molecule has 0 spiro atoms. The molecule has 0 unspecified atom stereocenters. The van der Waals surface area contributed by atoms with Crippen LogP contribution in [-0.4, -0.2) is 84.2 Å². The third-order valence-corrected chi connectivity index (χ3v) is 10.7. The maximum atomic E-state index is 12.7. The van der Waals surface area contributed by atoms with Crippen LogP contribution in [0.5, 0.6) is 0 Å². The maximum Gasteiger partial charge on any atom is 0.269 e. The fourth-order valence-corrected chi connectivity index (χ4v) is 6.90. The van der Waals surface area contributed by atoms with Crippen LogP contribution in [0.4, 0.5) is 17.1 Å². The largest absolute Gasteiger partial charge is 0.299 e. The fourth-order valence-electron chi connectivity index (χ4n) is 3.84. The average Bonchev–Trinajstić information content (AvgIpc) is 3.00. The highest BCUT2D eigenvalue weighted by molar-refractivity contribution is 7.90. The number of sulfonamides is 3. The number of nitrogens with zero attached hydrogens (tertiary/aromatic N) is 4. The minimum Gasteiger partial charge on any atom is -0.299 e. The summed E-state index contributed by atoms with van der Waals surface area (Å²) in [6.45, 7) is -0.767. The van der Waals surface area contributed by atoms with Crippen molar-refractivity contribution in [2.75, 3.05) is 39.3 Å². The molecule has 0 aromatic heterocycles. The van der Waals surface area contributed by atoms with Gasteiger partial charge >= 0.3 is 0 Å². The van der Waals surface area contributed by atoms with Crippen LogP contribution in [0, 0.1) is 30.3 Å². The van der Waals surface area contributed by atoms with E-state index in [-0.39, 0.29) is 71.0 Å². The molecule has 0 saturated carbocycles. The minimum atomic E-state index is -4.10. The van der Waals surface area contributed by atoms with E-state index in [0.29, 0.717) is 0 Å². The molecule has 3 rings (SSSR count). The van der Waals surface area contributed by atoms with Gasteiger partial charge in [-0.2, -0.15) is 0 Å². The summed E-state index contributed by atoms with van der Waals surface area (Å²) in [5, 5.41) is 32.5. The Hall–Kier alpha value is -4.45. The van der Waals surface area contributed by atoms with Crippen molar-refractivity contribution in [3.8, 4) is 0 Å². The molecule has 0 fully saturated rings. The van der Waals surface area contributed by atoms with Crippen molar-refractivity contribution < 1.29 is 40.0 Å². The van der Waals surface area contributed by atoms with Crippen LogP contribution in [0.25, 0.3) is 0 Å². The second kappa shape index (κ2) is 15.2. The van der Waals surface area contributed by atoms with Crippen LogP contribution in [0.2, 0.25) is 0 Å². The Morgan fingerprint density at radius 3 is 0.870 bits per heavy atom. The molecule has 0 saturated heterocycles. The van der Waals surface area contributed by atoms with Gasteiger partial charge in [0.2, 0.25) is 30.1 Å². The summed E-state index contributed by atoms with van der Waals surface area (Å²) in [4.78, 5) is 31.3. The molecule has 0 heterocycles. The lowest BCUT2D eigenvalue weighted by molar-refractivity contribution is -0.385. The van der Waals surface area contributed by atoms with Crippen molar-refractivity contribution in [3.05, 3.63) is 103 Å². The number of non-ortho nitro benzene ring substituents is 3. The molecule has 0 bridgehead atoms. The van der Waals surface area contributed by atoms with Gasteiger partial charge in [0.05, 0.1) is 29.5 Å². The molecule has 3 N–H and O–H groups in total. The predicted molar refractivity (Wildman–Crippen MR) is 161 cm³/mol. The van der Waals surface area contributed by atoms with E-state index in [9.17, 15) is 55.6 Å². The number of hydrogen-bond donors (Lipinski definition) is 3. The van der Waals surface area contributed by atoms with Gasteiger partial charge in [0.25, 0.3) is 17.1 Å². The van der Waals surface area contributed by atoms with Gasteiger partial charge in [0.1, 0.15) is 0 Å². The molecule has 46 heavy (non-hydrogen) atoms. The van der Waals surface area contributed by atoms with Gasteiger partial charge < -0.3 is 0 Å². The van der Waals surface area contributed by atoms with Gasteiger partial charge in [0.15, 0.2) is 0 Å². The quantitative estimate of drug-likeness (QED) is 0.123. The van der Waals surface area contributed by atoms with Crippen LogP contribution in [0.3, 0.4) is 0 Å². The highest BCUT2D eigenvalue weighted by atomic mass is 32.2. The van der Waals surface area contributed by atoms with Crippen molar-refractivity contribution in [1.82, 2.24) is 19.1 Å². The Kier molecular flexibility index (Phi) is 11.9. The van der Waals surface area contributed by atoms with E-state index in [1.165, 1.54) is 4.90 Å². The topological polar surface area (TPSA) is 271 Å². The van der Waals surface area contributed by atoms with Crippen molar-refractivity contribution in [2.24, 2.45) is 0 Å². The Labute approximate surface area is 262 Å². The van der Waals surface area contributed by atoms with E-state index < -0.39 is 44.8 Å². The van der Waals surface area contributed by atoms with Crippen molar-refractivity contribution in [2.45, 2.75) is 14.7 Å². The Bertz CT molecular complexity index is 1660. The van der Waals surface area contributed by atoms with E-state index in [2.05, 4.69) is 14.2 Å². The molecular formula is C24H27N7O12S3. The first-order valence-electron chi connectivity index (χ1n) is 13.0. The zero-order valence-electron chi connectivity index (χ0n) is 23.6. The lowest BCUT2D eigenvalue weighted by Gasteiger charge is -2.23. The van der Waals surface area contributed by atoms with Gasteiger partial charge in [-0.05, 0) is 36.4 Å². The smallest absolute Gasteiger partial charge is 0.269 e. The first-order chi connectivity index (χ1) is 21.5. The summed E-state index contributed by atoms with van der Waals surface area (Å²) in [5.74, 6) is 0. The summed E-state index contributed by atoms with van der Waals surface area (Å²) in [5.41, 5.74) is -0.924. The van der Waals surface area contributed by atoms with Gasteiger partial charge in [0, 0.05) is 75.7 Å². The highest BCUT2D eigenvalue weighted by Gasteiger charge is 2.20. The van der Waals surface area contributed by atoms with Crippen LogP contribution < -0.4 is 14.2 Å². The number of nitrogens with one attached hydrogen (secondary N) is 3. The number of rotatable bonds is 18. The highest BCUT2D eigenvalue weighted by Crippen LogP contribution is 2.17.